The van der Waals surface area contributed by atoms with Gasteiger partial charge in [-0.25, -0.2) is 4.98 Å². The Labute approximate surface area is 145 Å². The summed E-state index contributed by atoms with van der Waals surface area (Å²) in [6, 6.07) is -0.772. The highest BCUT2D eigenvalue weighted by Gasteiger charge is 2.56. The Kier molecular flexibility index (Phi) is 4.18. The number of nitrogen functional groups attached to an aromatic ring is 1. The van der Waals surface area contributed by atoms with Gasteiger partial charge in [-0.1, -0.05) is 0 Å². The summed E-state index contributed by atoms with van der Waals surface area (Å²) in [4.78, 5) is 40.9. The van der Waals surface area contributed by atoms with Crippen molar-refractivity contribution in [3.8, 4) is 0 Å². The van der Waals surface area contributed by atoms with Gasteiger partial charge in [0, 0.05) is 17.7 Å². The first-order chi connectivity index (χ1) is 11.2. The summed E-state index contributed by atoms with van der Waals surface area (Å²) in [5.74, 6) is -1.69. The number of fused-ring (bicyclic) bond motifs is 1. The van der Waals surface area contributed by atoms with Crippen LogP contribution in [0.4, 0.5) is 5.13 Å². The SMILES string of the molecule is CC1(C(=O)O)CS[C@@H]2C(NC(=O)C(O)c3csc(N)n3)C(=O)N2C1. The summed E-state index contributed by atoms with van der Waals surface area (Å²) in [5, 5.41) is 23.1. The Balaban J connectivity index is 1.63. The van der Waals surface area contributed by atoms with Gasteiger partial charge in [-0.15, -0.1) is 23.1 Å². The molecule has 0 radical (unpaired) electrons. The maximum atomic E-state index is 12.2. The number of carbonyl (C=O) groups excluding carboxylic acids is 2. The van der Waals surface area contributed by atoms with Crippen LogP contribution in [-0.4, -0.2) is 61.6 Å². The van der Waals surface area contributed by atoms with E-state index in [9.17, 15) is 24.6 Å². The van der Waals surface area contributed by atoms with Crippen molar-refractivity contribution in [2.45, 2.75) is 24.4 Å². The molecule has 11 heteroatoms. The molecule has 5 N–H and O–H groups in total. The number of aliphatic hydroxyl groups is 1. The maximum absolute atomic E-state index is 12.2. The van der Waals surface area contributed by atoms with Crippen molar-refractivity contribution in [1.82, 2.24) is 15.2 Å². The summed E-state index contributed by atoms with van der Waals surface area (Å²) >= 11 is 2.41. The van der Waals surface area contributed by atoms with E-state index >= 15 is 0 Å². The van der Waals surface area contributed by atoms with Crippen molar-refractivity contribution in [3.63, 3.8) is 0 Å². The predicted octanol–water partition coefficient (Wildman–Crippen LogP) is -0.751. The summed E-state index contributed by atoms with van der Waals surface area (Å²) in [5.41, 5.74) is 4.60. The second-order valence-corrected chi connectivity index (χ2v) is 8.03. The number of hydrogen-bond acceptors (Lipinski definition) is 8. The van der Waals surface area contributed by atoms with Gasteiger partial charge in [0.15, 0.2) is 11.2 Å². The van der Waals surface area contributed by atoms with E-state index < -0.39 is 29.4 Å². The van der Waals surface area contributed by atoms with E-state index in [0.29, 0.717) is 5.75 Å². The number of nitrogens with zero attached hydrogens (tertiary/aromatic N) is 2. The fourth-order valence-electron chi connectivity index (χ4n) is 2.62. The lowest BCUT2D eigenvalue weighted by molar-refractivity contribution is -0.158. The number of nitrogens with two attached hydrogens (primary N) is 1. The average molecular weight is 372 g/mol. The molecule has 0 aliphatic carbocycles. The topological polar surface area (TPSA) is 146 Å². The second-order valence-electron chi connectivity index (χ2n) is 6.03. The summed E-state index contributed by atoms with van der Waals surface area (Å²) < 4.78 is 0. The minimum absolute atomic E-state index is 0.108. The van der Waals surface area contributed by atoms with Crippen LogP contribution in [0.15, 0.2) is 5.38 Å². The fraction of sp³-hybridized carbons (Fsp3) is 0.538. The number of carboxylic acid groups (broad SMARTS) is 1. The van der Waals surface area contributed by atoms with Crippen LogP contribution in [0.5, 0.6) is 0 Å². The fourth-order valence-corrected chi connectivity index (χ4v) is 4.69. The Morgan fingerprint density at radius 2 is 2.29 bits per heavy atom. The molecule has 24 heavy (non-hydrogen) atoms. The van der Waals surface area contributed by atoms with E-state index in [2.05, 4.69) is 10.3 Å². The van der Waals surface area contributed by atoms with Gasteiger partial charge in [0.05, 0.1) is 11.1 Å². The number of aromatic nitrogens is 1. The number of thioether (sulfide) groups is 1. The van der Waals surface area contributed by atoms with Gasteiger partial charge < -0.3 is 26.2 Å². The van der Waals surface area contributed by atoms with Crippen LogP contribution in [0, 0.1) is 5.41 Å². The van der Waals surface area contributed by atoms with Crippen molar-refractivity contribution >= 4 is 46.0 Å². The van der Waals surface area contributed by atoms with E-state index in [1.165, 1.54) is 22.0 Å². The molecule has 1 aromatic heterocycles. The highest BCUT2D eigenvalue weighted by molar-refractivity contribution is 8.00. The quantitative estimate of drug-likeness (QED) is 0.505. The molecule has 0 bridgehead atoms. The first kappa shape index (κ1) is 17.0. The molecule has 0 saturated carbocycles. The van der Waals surface area contributed by atoms with E-state index in [1.807, 2.05) is 0 Å². The van der Waals surface area contributed by atoms with Gasteiger partial charge in [-0.3, -0.25) is 14.4 Å². The van der Waals surface area contributed by atoms with Crippen molar-refractivity contribution in [2.24, 2.45) is 5.41 Å². The zero-order valence-corrected chi connectivity index (χ0v) is 14.3. The molecule has 0 spiro atoms. The summed E-state index contributed by atoms with van der Waals surface area (Å²) in [6.45, 7) is 1.70. The average Bonchev–Trinajstić information content (AvgIpc) is 2.98. The van der Waals surface area contributed by atoms with Crippen LogP contribution in [0.3, 0.4) is 0 Å². The first-order valence-corrected chi connectivity index (χ1v) is 9.00. The number of aliphatic carboxylic acids is 1. The van der Waals surface area contributed by atoms with Gasteiger partial charge in [0.1, 0.15) is 11.4 Å². The molecular formula is C13H16N4O5S2. The van der Waals surface area contributed by atoms with Crippen LogP contribution >= 0.6 is 23.1 Å². The normalized spacial score (nSPS) is 30.2. The Bertz CT molecular complexity index is 710. The number of rotatable bonds is 4. The lowest BCUT2D eigenvalue weighted by atomic mass is 9.89. The van der Waals surface area contributed by atoms with E-state index in [1.54, 1.807) is 6.92 Å². The number of amides is 2. The minimum Gasteiger partial charge on any atom is -0.481 e. The van der Waals surface area contributed by atoms with Gasteiger partial charge >= 0.3 is 5.97 Å². The zero-order valence-electron chi connectivity index (χ0n) is 12.6. The predicted molar refractivity (Wildman–Crippen MR) is 87.1 cm³/mol. The molecule has 1 aromatic rings. The molecule has 0 aromatic carbocycles. The van der Waals surface area contributed by atoms with Crippen molar-refractivity contribution in [1.29, 1.82) is 0 Å². The maximum Gasteiger partial charge on any atom is 0.312 e. The Morgan fingerprint density at radius 3 is 2.88 bits per heavy atom. The standard InChI is InChI=1S/C13H16N4O5S2/c1-13(11(21)22)3-17-9(20)6(10(17)24-4-13)16-8(19)7(18)5-2-23-12(14)15-5/h2,6-7,10,18H,3-4H2,1H3,(H2,14,15)(H,16,19)(H,21,22)/t6?,7?,10-,13?/m1/s1. The minimum atomic E-state index is -1.50. The number of hydrogen-bond donors (Lipinski definition) is 4. The number of β-lactam (4-membered cyclic amide) rings is 1. The Morgan fingerprint density at radius 1 is 1.58 bits per heavy atom. The second kappa shape index (κ2) is 5.90. The molecule has 3 unspecified atom stereocenters. The molecular weight excluding hydrogens is 356 g/mol. The molecule has 2 saturated heterocycles. The molecule has 9 nitrogen and oxygen atoms in total. The van der Waals surface area contributed by atoms with Crippen LogP contribution in [0.1, 0.15) is 18.7 Å². The van der Waals surface area contributed by atoms with Crippen LogP contribution in [-0.2, 0) is 14.4 Å². The summed E-state index contributed by atoms with van der Waals surface area (Å²) in [7, 11) is 0. The molecule has 3 rings (SSSR count). The van der Waals surface area contributed by atoms with E-state index in [-0.39, 0.29) is 28.7 Å². The number of anilines is 1. The lowest BCUT2D eigenvalue weighted by Gasteiger charge is -2.53. The first-order valence-electron chi connectivity index (χ1n) is 7.08. The third-order valence-electron chi connectivity index (χ3n) is 4.12. The van der Waals surface area contributed by atoms with Crippen molar-refractivity contribution < 1.29 is 24.6 Å². The largest absolute Gasteiger partial charge is 0.481 e. The molecule has 2 amide bonds. The highest BCUT2D eigenvalue weighted by Crippen LogP contribution is 2.42. The third kappa shape index (κ3) is 2.72. The number of aliphatic hydroxyl groups excluding tert-OH is 1. The van der Waals surface area contributed by atoms with Gasteiger partial charge in [-0.05, 0) is 6.92 Å². The van der Waals surface area contributed by atoms with E-state index in [0.717, 1.165) is 11.3 Å². The monoisotopic (exact) mass is 372 g/mol. The summed E-state index contributed by atoms with van der Waals surface area (Å²) in [6.07, 6.45) is -1.50. The van der Waals surface area contributed by atoms with Crippen molar-refractivity contribution in [3.05, 3.63) is 11.1 Å². The lowest BCUT2D eigenvalue weighted by Crippen LogP contribution is -2.73. The van der Waals surface area contributed by atoms with Gasteiger partial charge in [0.2, 0.25) is 5.91 Å². The van der Waals surface area contributed by atoms with Crippen LogP contribution < -0.4 is 11.1 Å². The van der Waals surface area contributed by atoms with Gasteiger partial charge in [0.25, 0.3) is 5.91 Å². The van der Waals surface area contributed by atoms with Gasteiger partial charge in [-0.2, -0.15) is 0 Å². The third-order valence-corrected chi connectivity index (χ3v) is 6.48. The molecule has 130 valence electrons. The van der Waals surface area contributed by atoms with Crippen molar-refractivity contribution in [2.75, 3.05) is 18.0 Å². The molecule has 4 atom stereocenters. The molecule has 2 fully saturated rings. The number of nitrogens with one attached hydrogen (secondary N) is 1. The number of carboxylic acids is 1. The highest BCUT2D eigenvalue weighted by atomic mass is 32.2. The molecule has 2 aliphatic rings. The van der Waals surface area contributed by atoms with Crippen LogP contribution in [0.2, 0.25) is 0 Å². The number of carbonyl (C=O) groups is 3. The number of thiazole rings is 1. The Hall–Kier alpha value is -1.85. The molecule has 2 aliphatic heterocycles. The smallest absolute Gasteiger partial charge is 0.312 e. The van der Waals surface area contributed by atoms with E-state index in [4.69, 9.17) is 5.73 Å². The van der Waals surface area contributed by atoms with Crippen LogP contribution in [0.25, 0.3) is 0 Å². The zero-order chi connectivity index (χ0) is 17.6. The molecule has 3 heterocycles.